The smallest absolute Gasteiger partial charge is 0.323 e. The summed E-state index contributed by atoms with van der Waals surface area (Å²) in [5.41, 5.74) is 0.788. The van der Waals surface area contributed by atoms with E-state index >= 15 is 0 Å². The predicted octanol–water partition coefficient (Wildman–Crippen LogP) is 2.04. The van der Waals surface area contributed by atoms with Gasteiger partial charge in [0.1, 0.15) is 6.04 Å². The van der Waals surface area contributed by atoms with E-state index in [0.717, 1.165) is 5.56 Å². The van der Waals surface area contributed by atoms with Gasteiger partial charge in [0.05, 0.1) is 13.2 Å². The van der Waals surface area contributed by atoms with E-state index in [0.29, 0.717) is 6.61 Å². The van der Waals surface area contributed by atoms with Crippen LogP contribution in [0.5, 0.6) is 0 Å². The third-order valence-corrected chi connectivity index (χ3v) is 2.30. The molecule has 0 unspecified atom stereocenters. The zero-order valence-electron chi connectivity index (χ0n) is 11.1. The quantitative estimate of drug-likeness (QED) is 0.812. The van der Waals surface area contributed by atoms with Crippen LogP contribution >= 0.6 is 0 Å². The van der Waals surface area contributed by atoms with Crippen molar-refractivity contribution in [2.75, 3.05) is 6.61 Å². The molecule has 0 fully saturated rings. The Labute approximate surface area is 108 Å². The Morgan fingerprint density at radius 2 is 1.94 bits per heavy atom. The van der Waals surface area contributed by atoms with E-state index in [1.807, 2.05) is 51.1 Å². The highest BCUT2D eigenvalue weighted by Crippen LogP contribution is 2.04. The van der Waals surface area contributed by atoms with Crippen LogP contribution in [0.2, 0.25) is 0 Å². The lowest BCUT2D eigenvalue weighted by Crippen LogP contribution is -2.50. The van der Waals surface area contributed by atoms with Crippen LogP contribution in [0.1, 0.15) is 26.3 Å². The first-order valence-corrected chi connectivity index (χ1v) is 6.00. The number of ether oxygens (including phenoxy) is 1. The van der Waals surface area contributed by atoms with E-state index in [1.54, 1.807) is 0 Å². The first-order valence-electron chi connectivity index (χ1n) is 6.00. The fourth-order valence-electron chi connectivity index (χ4n) is 1.57. The monoisotopic (exact) mass is 251 g/mol. The Balaban J connectivity index is 2.41. The average Bonchev–Trinajstić information content (AvgIpc) is 2.27. The third-order valence-electron chi connectivity index (χ3n) is 2.30. The molecule has 1 aromatic rings. The standard InChI is InChI=1S/C14H21NO3/c1-14(2,3)15-12(13(16)17)10-18-9-11-7-5-4-6-8-11/h4-8,12,15H,9-10H2,1-3H3,(H,16,17)/t12-/m1/s1. The largest absolute Gasteiger partial charge is 0.480 e. The van der Waals surface area contributed by atoms with E-state index in [4.69, 9.17) is 9.84 Å². The van der Waals surface area contributed by atoms with Crippen molar-refractivity contribution in [2.24, 2.45) is 0 Å². The number of carboxylic acids is 1. The lowest BCUT2D eigenvalue weighted by molar-refractivity contribution is -0.142. The van der Waals surface area contributed by atoms with Crippen molar-refractivity contribution < 1.29 is 14.6 Å². The molecule has 0 aliphatic rings. The van der Waals surface area contributed by atoms with E-state index in [2.05, 4.69) is 5.32 Å². The second-order valence-corrected chi connectivity index (χ2v) is 5.29. The van der Waals surface area contributed by atoms with Gasteiger partial charge < -0.3 is 9.84 Å². The van der Waals surface area contributed by atoms with Crippen LogP contribution in [0.25, 0.3) is 0 Å². The predicted molar refractivity (Wildman–Crippen MR) is 70.4 cm³/mol. The molecule has 18 heavy (non-hydrogen) atoms. The number of carbonyl (C=O) groups is 1. The van der Waals surface area contributed by atoms with Crippen molar-refractivity contribution in [3.05, 3.63) is 35.9 Å². The van der Waals surface area contributed by atoms with Gasteiger partial charge in [-0.15, -0.1) is 0 Å². The Kier molecular flexibility index (Phi) is 5.31. The molecule has 0 radical (unpaired) electrons. The first-order chi connectivity index (χ1) is 8.38. The van der Waals surface area contributed by atoms with Crippen LogP contribution in [0, 0.1) is 0 Å². The minimum atomic E-state index is -0.891. The normalized spacial score (nSPS) is 13.3. The van der Waals surface area contributed by atoms with Crippen LogP contribution in [-0.2, 0) is 16.1 Å². The second-order valence-electron chi connectivity index (χ2n) is 5.29. The van der Waals surface area contributed by atoms with Gasteiger partial charge in [-0.2, -0.15) is 0 Å². The molecular weight excluding hydrogens is 230 g/mol. The lowest BCUT2D eigenvalue weighted by atomic mass is 10.1. The van der Waals surface area contributed by atoms with Crippen molar-refractivity contribution in [1.82, 2.24) is 5.32 Å². The molecule has 1 aromatic carbocycles. The number of aliphatic carboxylic acids is 1. The number of hydrogen-bond acceptors (Lipinski definition) is 3. The summed E-state index contributed by atoms with van der Waals surface area (Å²) in [6.45, 7) is 6.37. The maximum atomic E-state index is 11.1. The van der Waals surface area contributed by atoms with Gasteiger partial charge >= 0.3 is 5.97 Å². The molecule has 4 nitrogen and oxygen atoms in total. The van der Waals surface area contributed by atoms with Gasteiger partial charge in [0.25, 0.3) is 0 Å². The molecule has 0 saturated carbocycles. The minimum Gasteiger partial charge on any atom is -0.480 e. The first kappa shape index (κ1) is 14.7. The highest BCUT2D eigenvalue weighted by atomic mass is 16.5. The fraction of sp³-hybridized carbons (Fsp3) is 0.500. The zero-order valence-corrected chi connectivity index (χ0v) is 11.1. The summed E-state index contributed by atoms with van der Waals surface area (Å²) in [5.74, 6) is -0.891. The van der Waals surface area contributed by atoms with E-state index in [-0.39, 0.29) is 12.1 Å². The van der Waals surface area contributed by atoms with E-state index in [1.165, 1.54) is 0 Å². The number of rotatable bonds is 6. The maximum absolute atomic E-state index is 11.1. The Morgan fingerprint density at radius 1 is 1.33 bits per heavy atom. The lowest BCUT2D eigenvalue weighted by Gasteiger charge is -2.25. The van der Waals surface area contributed by atoms with Crippen molar-refractivity contribution >= 4 is 5.97 Å². The molecule has 0 spiro atoms. The summed E-state index contributed by atoms with van der Waals surface area (Å²) < 4.78 is 5.45. The van der Waals surface area contributed by atoms with Gasteiger partial charge in [-0.3, -0.25) is 10.1 Å². The van der Waals surface area contributed by atoms with Crippen molar-refractivity contribution in [1.29, 1.82) is 0 Å². The average molecular weight is 251 g/mol. The molecule has 1 atom stereocenters. The minimum absolute atomic E-state index is 0.154. The van der Waals surface area contributed by atoms with Gasteiger partial charge in [0.15, 0.2) is 0 Å². The number of benzene rings is 1. The SMILES string of the molecule is CC(C)(C)N[C@H](COCc1ccccc1)C(=O)O. The highest BCUT2D eigenvalue weighted by Gasteiger charge is 2.23. The maximum Gasteiger partial charge on any atom is 0.323 e. The Hall–Kier alpha value is -1.39. The third kappa shape index (κ3) is 5.80. The summed E-state index contributed by atoms with van der Waals surface area (Å²) in [4.78, 5) is 11.1. The molecule has 100 valence electrons. The Bertz CT molecular complexity index is 370. The molecule has 0 aromatic heterocycles. The summed E-state index contributed by atoms with van der Waals surface area (Å²) in [6, 6.07) is 9.01. The number of hydrogen-bond donors (Lipinski definition) is 2. The summed E-state index contributed by atoms with van der Waals surface area (Å²) >= 11 is 0. The highest BCUT2D eigenvalue weighted by molar-refractivity contribution is 5.73. The van der Waals surface area contributed by atoms with Gasteiger partial charge in [-0.1, -0.05) is 30.3 Å². The Morgan fingerprint density at radius 3 is 2.44 bits per heavy atom. The van der Waals surface area contributed by atoms with Gasteiger partial charge in [0, 0.05) is 5.54 Å². The van der Waals surface area contributed by atoms with Crippen LogP contribution in [-0.4, -0.2) is 29.3 Å². The summed E-state index contributed by atoms with van der Waals surface area (Å²) in [5, 5.41) is 12.1. The van der Waals surface area contributed by atoms with Crippen LogP contribution in [0.15, 0.2) is 30.3 Å². The molecule has 0 bridgehead atoms. The summed E-state index contributed by atoms with van der Waals surface area (Å²) in [7, 11) is 0. The molecular formula is C14H21NO3. The van der Waals surface area contributed by atoms with Crippen molar-refractivity contribution in [3.63, 3.8) is 0 Å². The van der Waals surface area contributed by atoms with Crippen LogP contribution in [0.4, 0.5) is 0 Å². The molecule has 2 N–H and O–H groups in total. The van der Waals surface area contributed by atoms with Crippen molar-refractivity contribution in [3.8, 4) is 0 Å². The van der Waals surface area contributed by atoms with Gasteiger partial charge in [-0.25, -0.2) is 0 Å². The van der Waals surface area contributed by atoms with Crippen molar-refractivity contribution in [2.45, 2.75) is 39.0 Å². The number of carboxylic acid groups (broad SMARTS) is 1. The summed E-state index contributed by atoms with van der Waals surface area (Å²) in [6.07, 6.45) is 0. The number of nitrogens with one attached hydrogen (secondary N) is 1. The van der Waals surface area contributed by atoms with Crippen LogP contribution < -0.4 is 5.32 Å². The molecule has 0 heterocycles. The molecule has 0 saturated heterocycles. The molecule has 1 rings (SSSR count). The topological polar surface area (TPSA) is 58.6 Å². The van der Waals surface area contributed by atoms with E-state index in [9.17, 15) is 4.79 Å². The van der Waals surface area contributed by atoms with Gasteiger partial charge in [-0.05, 0) is 26.3 Å². The second kappa shape index (κ2) is 6.52. The molecule has 0 aliphatic carbocycles. The molecule has 0 aliphatic heterocycles. The van der Waals surface area contributed by atoms with Gasteiger partial charge in [0.2, 0.25) is 0 Å². The molecule has 0 amide bonds. The zero-order chi connectivity index (χ0) is 13.6. The molecule has 4 heteroatoms. The van der Waals surface area contributed by atoms with Crippen LogP contribution in [0.3, 0.4) is 0 Å². The fourth-order valence-corrected chi connectivity index (χ4v) is 1.57. The van der Waals surface area contributed by atoms with E-state index < -0.39 is 12.0 Å².